The Morgan fingerprint density at radius 3 is 2.52 bits per heavy atom. The summed E-state index contributed by atoms with van der Waals surface area (Å²) in [6.45, 7) is 3.11. The van der Waals surface area contributed by atoms with Crippen LogP contribution in [0, 0.1) is 0 Å². The summed E-state index contributed by atoms with van der Waals surface area (Å²) in [7, 11) is 5.60. The Balaban J connectivity index is 1.74. The van der Waals surface area contributed by atoms with Crippen LogP contribution in [-0.2, 0) is 6.42 Å². The first kappa shape index (κ1) is 21.0. The highest BCUT2D eigenvalue weighted by atomic mass is 16.6. The van der Waals surface area contributed by atoms with E-state index < -0.39 is 0 Å². The van der Waals surface area contributed by atoms with Crippen LogP contribution in [0.25, 0.3) is 0 Å². The number of ether oxygens (including phenoxy) is 3. The molecule has 0 aromatic heterocycles. The van der Waals surface area contributed by atoms with Crippen molar-refractivity contribution in [3.63, 3.8) is 0 Å². The second kappa shape index (κ2) is 10.2. The van der Waals surface area contributed by atoms with Gasteiger partial charge in [0.15, 0.2) is 11.5 Å². The van der Waals surface area contributed by atoms with Gasteiger partial charge in [-0.1, -0.05) is 30.3 Å². The molecule has 2 aromatic rings. The molecule has 29 heavy (non-hydrogen) atoms. The molecule has 156 valence electrons. The van der Waals surface area contributed by atoms with Crippen molar-refractivity contribution in [1.29, 1.82) is 0 Å². The smallest absolute Gasteiger partial charge is 0.254 e. The number of methoxy groups -OCH3 is 1. The monoisotopic (exact) mass is 398 g/mol. The normalized spacial score (nSPS) is 12.7. The number of benzene rings is 2. The highest BCUT2D eigenvalue weighted by Crippen LogP contribution is 2.40. The van der Waals surface area contributed by atoms with Gasteiger partial charge in [-0.15, -0.1) is 0 Å². The van der Waals surface area contributed by atoms with Crippen molar-refractivity contribution in [1.82, 2.24) is 9.80 Å². The fourth-order valence-electron chi connectivity index (χ4n) is 3.33. The lowest BCUT2D eigenvalue weighted by molar-refractivity contribution is 0.0741. The van der Waals surface area contributed by atoms with E-state index in [1.807, 2.05) is 37.2 Å². The van der Waals surface area contributed by atoms with Crippen LogP contribution in [-0.4, -0.2) is 69.8 Å². The number of likely N-dealkylation sites (N-methyl/N-ethyl adjacent to an activating group) is 1. The molecule has 3 rings (SSSR count). The molecule has 0 saturated carbocycles. The molecule has 0 aliphatic carbocycles. The van der Waals surface area contributed by atoms with Crippen molar-refractivity contribution in [2.75, 3.05) is 54.1 Å². The number of hydrogen-bond acceptors (Lipinski definition) is 5. The molecule has 0 N–H and O–H groups in total. The summed E-state index contributed by atoms with van der Waals surface area (Å²) in [6.07, 6.45) is 1.85. The predicted molar refractivity (Wildman–Crippen MR) is 113 cm³/mol. The van der Waals surface area contributed by atoms with E-state index >= 15 is 0 Å². The molecule has 0 radical (unpaired) electrons. The molecule has 0 fully saturated rings. The Morgan fingerprint density at radius 1 is 1.03 bits per heavy atom. The largest absolute Gasteiger partial charge is 0.493 e. The van der Waals surface area contributed by atoms with Gasteiger partial charge in [0.1, 0.15) is 13.2 Å². The second-order valence-electron chi connectivity index (χ2n) is 7.39. The fourth-order valence-corrected chi connectivity index (χ4v) is 3.33. The summed E-state index contributed by atoms with van der Waals surface area (Å²) in [5.74, 6) is 1.65. The number of fused-ring (bicyclic) bond motifs is 1. The minimum Gasteiger partial charge on any atom is -0.493 e. The molecule has 0 unspecified atom stereocenters. The Morgan fingerprint density at radius 2 is 1.79 bits per heavy atom. The SMILES string of the molecule is COc1cc(C(=O)N(CCCc2ccccc2)CCN(C)C)cc2c1OCCO2. The molecule has 6 nitrogen and oxygen atoms in total. The lowest BCUT2D eigenvalue weighted by Crippen LogP contribution is -2.37. The van der Waals surface area contributed by atoms with Gasteiger partial charge in [0.05, 0.1) is 7.11 Å². The van der Waals surface area contributed by atoms with E-state index in [0.29, 0.717) is 49.1 Å². The van der Waals surface area contributed by atoms with Crippen LogP contribution in [0.4, 0.5) is 0 Å². The first-order chi connectivity index (χ1) is 14.1. The van der Waals surface area contributed by atoms with Crippen molar-refractivity contribution in [3.05, 3.63) is 53.6 Å². The third-order valence-corrected chi connectivity index (χ3v) is 4.92. The van der Waals surface area contributed by atoms with Gasteiger partial charge in [0.2, 0.25) is 5.75 Å². The first-order valence-corrected chi connectivity index (χ1v) is 10.0. The molecular formula is C23H30N2O4. The summed E-state index contributed by atoms with van der Waals surface area (Å²) in [5, 5.41) is 0. The molecule has 2 aromatic carbocycles. The van der Waals surface area contributed by atoms with Crippen LogP contribution in [0.15, 0.2) is 42.5 Å². The summed E-state index contributed by atoms with van der Waals surface area (Å²) < 4.78 is 16.8. The number of hydrogen-bond donors (Lipinski definition) is 0. The molecule has 1 amide bonds. The van der Waals surface area contributed by atoms with E-state index in [0.717, 1.165) is 19.4 Å². The maximum absolute atomic E-state index is 13.3. The molecule has 0 saturated heterocycles. The van der Waals surface area contributed by atoms with Gasteiger partial charge >= 0.3 is 0 Å². The Kier molecular flexibility index (Phi) is 7.36. The quantitative estimate of drug-likeness (QED) is 0.650. The van der Waals surface area contributed by atoms with Gasteiger partial charge in [0, 0.05) is 25.2 Å². The Bertz CT molecular complexity index is 791. The van der Waals surface area contributed by atoms with E-state index in [1.165, 1.54) is 5.56 Å². The predicted octanol–water partition coefficient (Wildman–Crippen LogP) is 3.10. The number of amides is 1. The third-order valence-electron chi connectivity index (χ3n) is 4.92. The van der Waals surface area contributed by atoms with Crippen LogP contribution < -0.4 is 14.2 Å². The van der Waals surface area contributed by atoms with Crippen LogP contribution in [0.3, 0.4) is 0 Å². The molecule has 6 heteroatoms. The average molecular weight is 399 g/mol. The lowest BCUT2D eigenvalue weighted by atomic mass is 10.1. The van der Waals surface area contributed by atoms with Crippen LogP contribution in [0.5, 0.6) is 17.2 Å². The van der Waals surface area contributed by atoms with Gasteiger partial charge in [-0.3, -0.25) is 4.79 Å². The zero-order valence-corrected chi connectivity index (χ0v) is 17.5. The summed E-state index contributed by atoms with van der Waals surface area (Å²) in [6, 6.07) is 13.9. The standard InChI is InChI=1S/C23H30N2O4/c1-24(2)12-13-25(11-7-10-18-8-5-4-6-9-18)23(26)19-16-20(27-3)22-21(17-19)28-14-15-29-22/h4-6,8-9,16-17H,7,10-15H2,1-3H3. The van der Waals surface area contributed by atoms with Crippen LogP contribution in [0.1, 0.15) is 22.3 Å². The Hall–Kier alpha value is -2.73. The summed E-state index contributed by atoms with van der Waals surface area (Å²) in [5.41, 5.74) is 1.85. The fraction of sp³-hybridized carbons (Fsp3) is 0.435. The molecule has 1 aliphatic rings. The third kappa shape index (κ3) is 5.64. The van der Waals surface area contributed by atoms with Gasteiger partial charge in [-0.2, -0.15) is 0 Å². The van der Waals surface area contributed by atoms with Crippen molar-refractivity contribution in [2.24, 2.45) is 0 Å². The lowest BCUT2D eigenvalue weighted by Gasteiger charge is -2.26. The highest BCUT2D eigenvalue weighted by molar-refractivity contribution is 5.95. The van der Waals surface area contributed by atoms with Gasteiger partial charge < -0.3 is 24.0 Å². The summed E-state index contributed by atoms with van der Waals surface area (Å²) in [4.78, 5) is 17.3. The molecule has 1 aliphatic heterocycles. The number of carbonyl (C=O) groups excluding carboxylic acids is 1. The molecule has 0 bridgehead atoms. The summed E-state index contributed by atoms with van der Waals surface area (Å²) >= 11 is 0. The van der Waals surface area contributed by atoms with Crippen molar-refractivity contribution < 1.29 is 19.0 Å². The Labute approximate surface area is 173 Å². The van der Waals surface area contributed by atoms with E-state index in [2.05, 4.69) is 17.0 Å². The van der Waals surface area contributed by atoms with Crippen molar-refractivity contribution in [2.45, 2.75) is 12.8 Å². The molecular weight excluding hydrogens is 368 g/mol. The van der Waals surface area contributed by atoms with Crippen molar-refractivity contribution >= 4 is 5.91 Å². The number of rotatable bonds is 9. The number of aryl methyl sites for hydroxylation is 1. The zero-order valence-electron chi connectivity index (χ0n) is 17.5. The van der Waals surface area contributed by atoms with Gasteiger partial charge in [-0.25, -0.2) is 0 Å². The molecule has 0 spiro atoms. The minimum atomic E-state index is -0.0183. The zero-order chi connectivity index (χ0) is 20.6. The minimum absolute atomic E-state index is 0.0183. The number of nitrogens with zero attached hydrogens (tertiary/aromatic N) is 2. The van der Waals surface area contributed by atoms with Crippen LogP contribution in [0.2, 0.25) is 0 Å². The highest BCUT2D eigenvalue weighted by Gasteiger charge is 2.23. The maximum Gasteiger partial charge on any atom is 0.254 e. The molecule has 0 atom stereocenters. The van der Waals surface area contributed by atoms with Crippen molar-refractivity contribution in [3.8, 4) is 17.2 Å². The van der Waals surface area contributed by atoms with Gasteiger partial charge in [0.25, 0.3) is 5.91 Å². The van der Waals surface area contributed by atoms with Crippen LogP contribution >= 0.6 is 0 Å². The maximum atomic E-state index is 13.3. The van der Waals surface area contributed by atoms with E-state index in [-0.39, 0.29) is 5.91 Å². The topological polar surface area (TPSA) is 51.2 Å². The average Bonchev–Trinajstić information content (AvgIpc) is 2.75. The molecule has 1 heterocycles. The second-order valence-corrected chi connectivity index (χ2v) is 7.39. The van der Waals surface area contributed by atoms with Gasteiger partial charge in [-0.05, 0) is 44.6 Å². The number of carbonyl (C=O) groups is 1. The van der Waals surface area contributed by atoms with E-state index in [9.17, 15) is 4.79 Å². The van der Waals surface area contributed by atoms with E-state index in [4.69, 9.17) is 14.2 Å². The first-order valence-electron chi connectivity index (χ1n) is 10.0. The van der Waals surface area contributed by atoms with E-state index in [1.54, 1.807) is 19.2 Å².